The normalized spacial score (nSPS) is 26.5. The summed E-state index contributed by atoms with van der Waals surface area (Å²) in [7, 11) is 0. The molecule has 0 spiro atoms. The first kappa shape index (κ1) is 10.0. The van der Waals surface area contributed by atoms with Crippen LogP contribution in [0.15, 0.2) is 0 Å². The molecule has 0 radical (unpaired) electrons. The van der Waals surface area contributed by atoms with Crippen LogP contribution < -0.4 is 5.32 Å². The van der Waals surface area contributed by atoms with Gasteiger partial charge < -0.3 is 5.32 Å². The molecule has 0 aromatic rings. The van der Waals surface area contributed by atoms with E-state index < -0.39 is 0 Å². The molecule has 1 aliphatic rings. The van der Waals surface area contributed by atoms with Crippen molar-refractivity contribution in [1.29, 1.82) is 0 Å². The van der Waals surface area contributed by atoms with E-state index in [1.165, 1.54) is 32.5 Å². The molecule has 1 rings (SSSR count). The van der Waals surface area contributed by atoms with E-state index in [0.717, 1.165) is 6.04 Å². The van der Waals surface area contributed by atoms with Crippen LogP contribution >= 0.6 is 0 Å². The Morgan fingerprint density at radius 2 is 2.25 bits per heavy atom. The Hall–Kier alpha value is -0.0800. The minimum absolute atomic E-state index is 0.712. The van der Waals surface area contributed by atoms with E-state index in [2.05, 4.69) is 31.0 Å². The first-order chi connectivity index (χ1) is 5.75. The highest BCUT2D eigenvalue weighted by molar-refractivity contribution is 4.81. The van der Waals surface area contributed by atoms with Gasteiger partial charge in [0.25, 0.3) is 0 Å². The number of hydrogen-bond acceptors (Lipinski definition) is 2. The van der Waals surface area contributed by atoms with Gasteiger partial charge in [-0.15, -0.1) is 0 Å². The van der Waals surface area contributed by atoms with Crippen molar-refractivity contribution in [1.82, 2.24) is 10.2 Å². The molecule has 1 saturated heterocycles. The van der Waals surface area contributed by atoms with Crippen LogP contribution in [0.4, 0.5) is 0 Å². The minimum atomic E-state index is 0.712. The lowest BCUT2D eigenvalue weighted by molar-refractivity contribution is 0.116. The summed E-state index contributed by atoms with van der Waals surface area (Å²) in [5.74, 6) is 0. The van der Waals surface area contributed by atoms with E-state index in [-0.39, 0.29) is 0 Å². The maximum Gasteiger partial charge on any atom is 0.0223 e. The van der Waals surface area contributed by atoms with Gasteiger partial charge in [-0.3, -0.25) is 4.90 Å². The fourth-order valence-corrected chi connectivity index (χ4v) is 2.06. The molecule has 2 nitrogen and oxygen atoms in total. The highest BCUT2D eigenvalue weighted by atomic mass is 15.2. The van der Waals surface area contributed by atoms with Gasteiger partial charge in [-0.05, 0) is 20.3 Å². The van der Waals surface area contributed by atoms with Crippen LogP contribution in [0.25, 0.3) is 0 Å². The molecular formula is C10H22N2. The first-order valence-electron chi connectivity index (χ1n) is 5.22. The third-order valence-electron chi connectivity index (χ3n) is 2.68. The average molecular weight is 170 g/mol. The SMILES string of the molecule is CCCC1CNCCN1C(C)C. The Morgan fingerprint density at radius 3 is 2.83 bits per heavy atom. The Kier molecular flexibility index (Phi) is 4.02. The number of hydrogen-bond donors (Lipinski definition) is 1. The van der Waals surface area contributed by atoms with Crippen molar-refractivity contribution in [3.05, 3.63) is 0 Å². The molecule has 2 heteroatoms. The molecule has 1 aliphatic heterocycles. The molecule has 1 heterocycles. The fourth-order valence-electron chi connectivity index (χ4n) is 2.06. The molecule has 72 valence electrons. The molecule has 0 saturated carbocycles. The van der Waals surface area contributed by atoms with E-state index >= 15 is 0 Å². The molecule has 1 unspecified atom stereocenters. The lowest BCUT2D eigenvalue weighted by Gasteiger charge is -2.39. The van der Waals surface area contributed by atoms with Gasteiger partial charge >= 0.3 is 0 Å². The van der Waals surface area contributed by atoms with E-state index in [1.807, 2.05) is 0 Å². The zero-order valence-electron chi connectivity index (χ0n) is 8.64. The van der Waals surface area contributed by atoms with Crippen LogP contribution in [-0.2, 0) is 0 Å². The summed E-state index contributed by atoms with van der Waals surface area (Å²) < 4.78 is 0. The van der Waals surface area contributed by atoms with Crippen molar-refractivity contribution in [3.8, 4) is 0 Å². The molecule has 0 aromatic carbocycles. The van der Waals surface area contributed by atoms with Crippen LogP contribution in [0.3, 0.4) is 0 Å². The highest BCUT2D eigenvalue weighted by Crippen LogP contribution is 2.12. The van der Waals surface area contributed by atoms with Crippen molar-refractivity contribution in [3.63, 3.8) is 0 Å². The molecule has 1 atom stereocenters. The standard InChI is InChI=1S/C10H22N2/c1-4-5-10-8-11-6-7-12(10)9(2)3/h9-11H,4-8H2,1-3H3. The van der Waals surface area contributed by atoms with Gasteiger partial charge in [0.1, 0.15) is 0 Å². The smallest absolute Gasteiger partial charge is 0.0223 e. The van der Waals surface area contributed by atoms with Gasteiger partial charge in [0.15, 0.2) is 0 Å². The Morgan fingerprint density at radius 1 is 1.50 bits per heavy atom. The number of piperazine rings is 1. The van der Waals surface area contributed by atoms with Gasteiger partial charge in [0.2, 0.25) is 0 Å². The third kappa shape index (κ3) is 2.46. The highest BCUT2D eigenvalue weighted by Gasteiger charge is 2.22. The molecule has 12 heavy (non-hydrogen) atoms. The van der Waals surface area contributed by atoms with Crippen molar-refractivity contribution in [2.75, 3.05) is 19.6 Å². The van der Waals surface area contributed by atoms with Gasteiger partial charge in [-0.1, -0.05) is 13.3 Å². The minimum Gasteiger partial charge on any atom is -0.314 e. The number of rotatable bonds is 3. The van der Waals surface area contributed by atoms with Crippen molar-refractivity contribution in [2.24, 2.45) is 0 Å². The summed E-state index contributed by atoms with van der Waals surface area (Å²) in [5, 5.41) is 3.46. The van der Waals surface area contributed by atoms with E-state index in [1.54, 1.807) is 0 Å². The second-order valence-electron chi connectivity index (χ2n) is 3.98. The maximum atomic E-state index is 3.46. The third-order valence-corrected chi connectivity index (χ3v) is 2.68. The monoisotopic (exact) mass is 170 g/mol. The van der Waals surface area contributed by atoms with Gasteiger partial charge in [-0.2, -0.15) is 0 Å². The molecule has 0 aliphatic carbocycles. The lowest BCUT2D eigenvalue weighted by atomic mass is 10.1. The van der Waals surface area contributed by atoms with Crippen LogP contribution in [0.1, 0.15) is 33.6 Å². The number of nitrogens with zero attached hydrogens (tertiary/aromatic N) is 1. The van der Waals surface area contributed by atoms with Gasteiger partial charge in [-0.25, -0.2) is 0 Å². The van der Waals surface area contributed by atoms with Crippen LogP contribution in [0.5, 0.6) is 0 Å². The Labute approximate surface area is 76.3 Å². The average Bonchev–Trinajstić information content (AvgIpc) is 2.05. The summed E-state index contributed by atoms with van der Waals surface area (Å²) in [5.41, 5.74) is 0. The fraction of sp³-hybridized carbons (Fsp3) is 1.00. The van der Waals surface area contributed by atoms with Crippen LogP contribution in [0.2, 0.25) is 0 Å². The molecular weight excluding hydrogens is 148 g/mol. The topological polar surface area (TPSA) is 15.3 Å². The summed E-state index contributed by atoms with van der Waals surface area (Å²) in [4.78, 5) is 2.62. The van der Waals surface area contributed by atoms with Gasteiger partial charge in [0, 0.05) is 31.7 Å². The van der Waals surface area contributed by atoms with Crippen LogP contribution in [0, 0.1) is 0 Å². The van der Waals surface area contributed by atoms with Crippen molar-refractivity contribution < 1.29 is 0 Å². The van der Waals surface area contributed by atoms with E-state index in [0.29, 0.717) is 6.04 Å². The summed E-state index contributed by atoms with van der Waals surface area (Å²) in [6, 6.07) is 1.49. The largest absolute Gasteiger partial charge is 0.314 e. The predicted octanol–water partition coefficient (Wildman–Crippen LogP) is 1.47. The summed E-state index contributed by atoms with van der Waals surface area (Å²) in [6.45, 7) is 10.4. The Bertz CT molecular complexity index is 121. The number of nitrogens with one attached hydrogen (secondary N) is 1. The Balaban J connectivity index is 2.42. The zero-order chi connectivity index (χ0) is 8.97. The quantitative estimate of drug-likeness (QED) is 0.690. The second-order valence-corrected chi connectivity index (χ2v) is 3.98. The summed E-state index contributed by atoms with van der Waals surface area (Å²) in [6.07, 6.45) is 2.64. The van der Waals surface area contributed by atoms with E-state index in [4.69, 9.17) is 0 Å². The lowest BCUT2D eigenvalue weighted by Crippen LogP contribution is -2.53. The van der Waals surface area contributed by atoms with Crippen molar-refractivity contribution >= 4 is 0 Å². The molecule has 0 amide bonds. The van der Waals surface area contributed by atoms with Crippen LogP contribution in [-0.4, -0.2) is 36.6 Å². The summed E-state index contributed by atoms with van der Waals surface area (Å²) >= 11 is 0. The van der Waals surface area contributed by atoms with Crippen molar-refractivity contribution in [2.45, 2.75) is 45.7 Å². The zero-order valence-corrected chi connectivity index (χ0v) is 8.64. The van der Waals surface area contributed by atoms with Gasteiger partial charge in [0.05, 0.1) is 0 Å². The molecule has 0 bridgehead atoms. The maximum absolute atomic E-state index is 3.46. The molecule has 1 fully saturated rings. The predicted molar refractivity (Wildman–Crippen MR) is 53.4 cm³/mol. The molecule has 0 aromatic heterocycles. The first-order valence-corrected chi connectivity index (χ1v) is 5.22. The molecule has 1 N–H and O–H groups in total. The van der Waals surface area contributed by atoms with E-state index in [9.17, 15) is 0 Å². The second kappa shape index (κ2) is 4.83.